The van der Waals surface area contributed by atoms with Crippen LogP contribution in [-0.2, 0) is 7.05 Å². The maximum Gasteiger partial charge on any atom is 0.272 e. The Kier molecular flexibility index (Phi) is 4.55. The molecular weight excluding hydrogens is 272 g/mol. The third kappa shape index (κ3) is 3.82. The average Bonchev–Trinajstić information content (AvgIpc) is 2.86. The Hall–Kier alpha value is -2.83. The van der Waals surface area contributed by atoms with Crippen LogP contribution in [0.4, 0.5) is 4.79 Å². The number of benzene rings is 1. The van der Waals surface area contributed by atoms with E-state index in [-0.39, 0.29) is 19.0 Å². The van der Waals surface area contributed by atoms with Crippen LogP contribution in [0.3, 0.4) is 0 Å². The predicted octanol–water partition coefficient (Wildman–Crippen LogP) is -0.250. The van der Waals surface area contributed by atoms with Crippen LogP contribution >= 0.6 is 0 Å². The molecule has 0 aliphatic carbocycles. The van der Waals surface area contributed by atoms with Crippen LogP contribution in [0, 0.1) is 0 Å². The molecule has 7 heteroatoms. The number of amides is 2. The first-order valence-corrected chi connectivity index (χ1v) is 6.40. The Morgan fingerprint density at radius 2 is 1.86 bits per heavy atom. The van der Waals surface area contributed by atoms with Gasteiger partial charge in [-0.25, -0.2) is 0 Å². The molecule has 1 aromatic heterocycles. The molecule has 0 aliphatic heterocycles. The summed E-state index contributed by atoms with van der Waals surface area (Å²) < 4.78 is 1.57. The van der Waals surface area contributed by atoms with Gasteiger partial charge >= 0.3 is 0 Å². The topological polar surface area (TPSA) is 99.1 Å². The third-order valence-electron chi connectivity index (χ3n) is 2.81. The van der Waals surface area contributed by atoms with Crippen LogP contribution in [0.2, 0.25) is 0 Å². The number of hydrogen-bond acceptors (Lipinski definition) is 4. The first-order chi connectivity index (χ1) is 10.1. The van der Waals surface area contributed by atoms with Crippen molar-refractivity contribution in [1.29, 1.82) is 0 Å². The molecule has 110 valence electrons. The van der Waals surface area contributed by atoms with E-state index in [0.29, 0.717) is 5.69 Å². The van der Waals surface area contributed by atoms with Gasteiger partial charge in [0, 0.05) is 31.9 Å². The Morgan fingerprint density at radius 1 is 1.19 bits per heavy atom. The van der Waals surface area contributed by atoms with Crippen molar-refractivity contribution in [2.75, 3.05) is 13.1 Å². The number of nitrogens with zero attached hydrogens (tertiary/aromatic N) is 2. The zero-order valence-electron chi connectivity index (χ0n) is 11.5. The number of carbonyl (C=O) groups excluding carboxylic acids is 2. The zero-order valence-corrected chi connectivity index (χ0v) is 11.5. The molecule has 2 amide bonds. The molecule has 2 rings (SSSR count). The largest absolute Gasteiger partial charge is 0.530 e. The van der Waals surface area contributed by atoms with Gasteiger partial charge in [0.15, 0.2) is 5.69 Å². The number of aryl methyl sites for hydroxylation is 1. The lowest BCUT2D eigenvalue weighted by Crippen LogP contribution is -2.41. The normalized spacial score (nSPS) is 10.1. The summed E-state index contributed by atoms with van der Waals surface area (Å²) in [5, 5.41) is 19.0. The van der Waals surface area contributed by atoms with Gasteiger partial charge in [-0.2, -0.15) is 5.10 Å². The molecule has 2 aromatic rings. The van der Waals surface area contributed by atoms with Crippen LogP contribution in [-0.4, -0.2) is 34.9 Å². The fourth-order valence-electron chi connectivity index (χ4n) is 1.91. The summed E-state index contributed by atoms with van der Waals surface area (Å²) in [7, 11) is 1.74. The van der Waals surface area contributed by atoms with Gasteiger partial charge in [-0.05, 0) is 5.56 Å². The van der Waals surface area contributed by atoms with Crippen molar-refractivity contribution >= 4 is 12.0 Å². The predicted molar refractivity (Wildman–Crippen MR) is 74.4 cm³/mol. The highest BCUT2D eigenvalue weighted by atomic mass is 16.4. The Balaban J connectivity index is 2.09. The fourth-order valence-corrected chi connectivity index (χ4v) is 1.91. The van der Waals surface area contributed by atoms with Crippen molar-refractivity contribution in [3.63, 3.8) is 0 Å². The maximum absolute atomic E-state index is 12.1. The van der Waals surface area contributed by atoms with Crippen molar-refractivity contribution in [3.8, 4) is 11.1 Å². The lowest BCUT2D eigenvalue weighted by Gasteiger charge is -2.07. The smallest absolute Gasteiger partial charge is 0.272 e. The second-order valence-corrected chi connectivity index (χ2v) is 4.40. The van der Waals surface area contributed by atoms with E-state index in [0.717, 1.165) is 11.1 Å². The molecule has 0 radical (unpaired) electrons. The molecule has 0 bridgehead atoms. The summed E-state index contributed by atoms with van der Waals surface area (Å²) in [6, 6.07) is 9.45. The van der Waals surface area contributed by atoms with Crippen molar-refractivity contribution < 1.29 is 14.7 Å². The third-order valence-corrected chi connectivity index (χ3v) is 2.81. The van der Waals surface area contributed by atoms with Gasteiger partial charge in [0.25, 0.3) is 5.91 Å². The van der Waals surface area contributed by atoms with Gasteiger partial charge in [0.2, 0.25) is 0 Å². The first-order valence-electron chi connectivity index (χ1n) is 6.40. The number of rotatable bonds is 5. The summed E-state index contributed by atoms with van der Waals surface area (Å²) in [6.07, 6.45) is 0.399. The van der Waals surface area contributed by atoms with E-state index in [1.807, 2.05) is 30.3 Å². The van der Waals surface area contributed by atoms with E-state index >= 15 is 0 Å². The van der Waals surface area contributed by atoms with E-state index in [1.54, 1.807) is 17.9 Å². The van der Waals surface area contributed by atoms with Gasteiger partial charge in [-0.15, -0.1) is 0 Å². The highest BCUT2D eigenvalue weighted by molar-refractivity contribution is 5.98. The molecule has 2 N–H and O–H groups in total. The SMILES string of the molecule is Cn1cc(-c2ccccc2)c(C(=O)NCCNC(=O)[O-])n1. The van der Waals surface area contributed by atoms with E-state index < -0.39 is 6.09 Å². The minimum absolute atomic E-state index is 0.0849. The number of carboxylic acid groups (broad SMARTS) is 1. The number of nitrogens with one attached hydrogen (secondary N) is 2. The van der Waals surface area contributed by atoms with Gasteiger partial charge < -0.3 is 20.5 Å². The van der Waals surface area contributed by atoms with Crippen LogP contribution in [0.25, 0.3) is 11.1 Å². The first kappa shape index (κ1) is 14.6. The minimum atomic E-state index is -1.37. The summed E-state index contributed by atoms with van der Waals surface area (Å²) >= 11 is 0. The highest BCUT2D eigenvalue weighted by Crippen LogP contribution is 2.22. The Bertz CT molecular complexity index is 637. The van der Waals surface area contributed by atoms with Gasteiger partial charge in [0.05, 0.1) is 0 Å². The summed E-state index contributed by atoms with van der Waals surface area (Å²) in [6.45, 7) is 0.249. The van der Waals surface area contributed by atoms with Crippen molar-refractivity contribution in [2.24, 2.45) is 7.05 Å². The number of hydrogen-bond donors (Lipinski definition) is 2. The second kappa shape index (κ2) is 6.56. The quantitative estimate of drug-likeness (QED) is 0.741. The highest BCUT2D eigenvalue weighted by Gasteiger charge is 2.16. The molecule has 0 aliphatic rings. The van der Waals surface area contributed by atoms with Gasteiger partial charge in [0.1, 0.15) is 6.09 Å². The molecule has 0 saturated heterocycles. The monoisotopic (exact) mass is 287 g/mol. The lowest BCUT2D eigenvalue weighted by atomic mass is 10.1. The lowest BCUT2D eigenvalue weighted by molar-refractivity contribution is -0.250. The minimum Gasteiger partial charge on any atom is -0.530 e. The van der Waals surface area contributed by atoms with Crippen LogP contribution in [0.15, 0.2) is 36.5 Å². The maximum atomic E-state index is 12.1. The molecule has 0 fully saturated rings. The Morgan fingerprint density at radius 3 is 2.52 bits per heavy atom. The van der Waals surface area contributed by atoms with Crippen molar-refractivity contribution in [1.82, 2.24) is 20.4 Å². The van der Waals surface area contributed by atoms with Crippen LogP contribution in [0.1, 0.15) is 10.5 Å². The molecule has 0 unspecified atom stereocenters. The van der Waals surface area contributed by atoms with E-state index in [9.17, 15) is 14.7 Å². The van der Waals surface area contributed by atoms with Crippen LogP contribution in [0.5, 0.6) is 0 Å². The average molecular weight is 287 g/mol. The summed E-state index contributed by atoms with van der Waals surface area (Å²) in [5.41, 5.74) is 1.92. The molecule has 7 nitrogen and oxygen atoms in total. The second-order valence-electron chi connectivity index (χ2n) is 4.40. The van der Waals surface area contributed by atoms with Gasteiger partial charge in [-0.1, -0.05) is 30.3 Å². The molecule has 0 saturated carbocycles. The van der Waals surface area contributed by atoms with E-state index in [1.165, 1.54) is 0 Å². The van der Waals surface area contributed by atoms with E-state index in [2.05, 4.69) is 15.7 Å². The number of aromatic nitrogens is 2. The standard InChI is InChI=1S/C14H16N4O3/c1-18-9-11(10-5-3-2-4-6-10)12(17-18)13(19)15-7-8-16-14(20)21/h2-6,9,16H,7-8H2,1H3,(H,15,19)(H,20,21)/p-1. The molecular formula is C14H15N4O3-. The molecule has 0 spiro atoms. The molecule has 1 aromatic carbocycles. The Labute approximate surface area is 121 Å². The van der Waals surface area contributed by atoms with Crippen LogP contribution < -0.4 is 15.7 Å². The van der Waals surface area contributed by atoms with Crippen molar-refractivity contribution in [2.45, 2.75) is 0 Å². The number of carbonyl (C=O) groups is 2. The van der Waals surface area contributed by atoms with Crippen molar-refractivity contribution in [3.05, 3.63) is 42.2 Å². The zero-order chi connectivity index (χ0) is 15.2. The van der Waals surface area contributed by atoms with E-state index in [4.69, 9.17) is 0 Å². The molecule has 0 atom stereocenters. The fraction of sp³-hybridized carbons (Fsp3) is 0.214. The summed E-state index contributed by atoms with van der Waals surface area (Å²) in [5.74, 6) is -0.352. The molecule has 1 heterocycles. The van der Waals surface area contributed by atoms with Gasteiger partial charge in [-0.3, -0.25) is 9.48 Å². The molecule has 21 heavy (non-hydrogen) atoms. The summed E-state index contributed by atoms with van der Waals surface area (Å²) in [4.78, 5) is 22.3.